The first-order valence-electron chi connectivity index (χ1n) is 8.99. The molecule has 1 saturated heterocycles. The zero-order valence-electron chi connectivity index (χ0n) is 17.6. The molecule has 1 rings (SSSR count). The Bertz CT molecular complexity index is 744. The number of thiocarbonyl (C=S) groups is 1. The molecule has 13 nitrogen and oxygen atoms in total. The van der Waals surface area contributed by atoms with Gasteiger partial charge in [0.05, 0.1) is 0 Å². The summed E-state index contributed by atoms with van der Waals surface area (Å²) in [6.45, 7) is 5.09. The van der Waals surface area contributed by atoms with Crippen LogP contribution in [-0.4, -0.2) is 77.2 Å². The number of amides is 1. The number of hydrazine groups is 1. The van der Waals surface area contributed by atoms with Crippen molar-refractivity contribution in [3.63, 3.8) is 0 Å². The summed E-state index contributed by atoms with van der Waals surface area (Å²) in [6, 6.07) is 0. The summed E-state index contributed by atoms with van der Waals surface area (Å²) < 4.78 is 26.5. The van der Waals surface area contributed by atoms with Gasteiger partial charge in [0, 0.05) is 34.6 Å². The van der Waals surface area contributed by atoms with E-state index in [4.69, 9.17) is 41.6 Å². The Morgan fingerprint density at radius 2 is 1.35 bits per heavy atom. The second kappa shape index (κ2) is 11.4. The van der Waals surface area contributed by atoms with E-state index in [0.29, 0.717) is 0 Å². The summed E-state index contributed by atoms with van der Waals surface area (Å²) in [6.07, 6.45) is -6.92. The molecule has 1 fully saturated rings. The predicted molar refractivity (Wildman–Crippen MR) is 104 cm³/mol. The molecular formula is C17H25N3O10S. The maximum absolute atomic E-state index is 12.2. The van der Waals surface area contributed by atoms with Crippen molar-refractivity contribution in [3.05, 3.63) is 0 Å². The highest BCUT2D eigenvalue weighted by atomic mass is 32.1. The Kier molecular flexibility index (Phi) is 9.58. The van der Waals surface area contributed by atoms with E-state index in [-0.39, 0.29) is 5.11 Å². The number of hydrogen-bond donors (Lipinski definition) is 2. The lowest BCUT2D eigenvalue weighted by molar-refractivity contribution is -0.278. The third kappa shape index (κ3) is 7.97. The van der Waals surface area contributed by atoms with Gasteiger partial charge in [-0.15, -0.1) is 0 Å². The number of rotatable bonds is 6. The van der Waals surface area contributed by atoms with Crippen LogP contribution >= 0.6 is 12.2 Å². The smallest absolute Gasteiger partial charge is 0.303 e. The van der Waals surface area contributed by atoms with E-state index in [1.54, 1.807) is 0 Å². The van der Waals surface area contributed by atoms with E-state index in [0.717, 1.165) is 39.6 Å². The van der Waals surface area contributed by atoms with Gasteiger partial charge in [-0.2, -0.15) is 0 Å². The minimum atomic E-state index is -1.47. The molecule has 0 aromatic carbocycles. The first-order valence-corrected chi connectivity index (χ1v) is 9.40. The minimum Gasteiger partial charge on any atom is -0.463 e. The van der Waals surface area contributed by atoms with Crippen molar-refractivity contribution in [3.8, 4) is 0 Å². The highest BCUT2D eigenvalue weighted by Crippen LogP contribution is 2.30. The molecule has 0 spiro atoms. The lowest BCUT2D eigenvalue weighted by Crippen LogP contribution is -2.69. The zero-order chi connectivity index (χ0) is 23.9. The van der Waals surface area contributed by atoms with E-state index in [2.05, 4.69) is 5.43 Å². The van der Waals surface area contributed by atoms with Crippen LogP contribution in [0.15, 0.2) is 0 Å². The van der Waals surface area contributed by atoms with Crippen LogP contribution < -0.4 is 11.2 Å². The van der Waals surface area contributed by atoms with E-state index >= 15 is 0 Å². The molecule has 0 radical (unpaired) electrons. The molecule has 14 heteroatoms. The highest BCUT2D eigenvalue weighted by molar-refractivity contribution is 7.80. The molecule has 0 saturated carbocycles. The summed E-state index contributed by atoms with van der Waals surface area (Å²) in [5.41, 5.74) is 7.85. The molecule has 31 heavy (non-hydrogen) atoms. The molecule has 1 aliphatic rings. The Morgan fingerprint density at radius 1 is 0.871 bits per heavy atom. The Hall–Kier alpha value is -3.00. The lowest BCUT2D eigenvalue weighted by Gasteiger charge is -2.47. The molecule has 174 valence electrons. The molecule has 0 unspecified atom stereocenters. The second-order valence-electron chi connectivity index (χ2n) is 6.45. The van der Waals surface area contributed by atoms with Crippen LogP contribution in [0.2, 0.25) is 0 Å². The summed E-state index contributed by atoms with van der Waals surface area (Å²) >= 11 is 4.77. The molecule has 0 aromatic heterocycles. The van der Waals surface area contributed by atoms with Gasteiger partial charge in [-0.25, -0.2) is 5.01 Å². The first kappa shape index (κ1) is 26.0. The molecule has 1 heterocycles. The van der Waals surface area contributed by atoms with Crippen molar-refractivity contribution < 1.29 is 47.7 Å². The molecular weight excluding hydrogens is 438 g/mol. The number of esters is 4. The molecule has 5 atom stereocenters. The van der Waals surface area contributed by atoms with Crippen LogP contribution in [0.5, 0.6) is 0 Å². The standard InChI is InChI=1S/C17H25N3O10S/c1-7(21)20(19-17(18)31)16-15(29-11(5)25)14(28-10(4)24)13(27-9(3)23)12(30-16)6-26-8(2)22/h12-16H,6H2,1-5H3,(H3,18,19,31)/t12-,13-,14+,15-,16-/m1/s1. The second-order valence-corrected chi connectivity index (χ2v) is 6.89. The van der Waals surface area contributed by atoms with Crippen molar-refractivity contribution in [1.82, 2.24) is 10.4 Å². The monoisotopic (exact) mass is 463 g/mol. The molecule has 1 aliphatic heterocycles. The maximum atomic E-state index is 12.2. The van der Waals surface area contributed by atoms with Crippen LogP contribution in [0, 0.1) is 0 Å². The summed E-state index contributed by atoms with van der Waals surface area (Å²) in [5.74, 6) is -3.72. The number of nitrogens with two attached hydrogens (primary N) is 1. The van der Waals surface area contributed by atoms with Gasteiger partial charge < -0.3 is 29.4 Å². The fraction of sp³-hybridized carbons (Fsp3) is 0.647. The number of ether oxygens (including phenoxy) is 5. The molecule has 1 amide bonds. The molecule has 3 N–H and O–H groups in total. The quantitative estimate of drug-likeness (QED) is 0.205. The maximum Gasteiger partial charge on any atom is 0.303 e. The van der Waals surface area contributed by atoms with Crippen LogP contribution in [0.4, 0.5) is 0 Å². The predicted octanol–water partition coefficient (Wildman–Crippen LogP) is -1.33. The minimum absolute atomic E-state index is 0.317. The van der Waals surface area contributed by atoms with Gasteiger partial charge in [0.1, 0.15) is 12.7 Å². The average Bonchev–Trinajstić information content (AvgIpc) is 2.60. The number of hydrogen-bond acceptors (Lipinski definition) is 11. The van der Waals surface area contributed by atoms with Gasteiger partial charge in [0.2, 0.25) is 5.91 Å². The SMILES string of the molecule is CC(=O)OC[C@H]1O[C@@H](N(NC(N)=S)C(C)=O)[C@H](OC(C)=O)[C@@H](OC(C)=O)[C@@H]1OC(C)=O. The van der Waals surface area contributed by atoms with E-state index in [1.165, 1.54) is 0 Å². The van der Waals surface area contributed by atoms with Crippen molar-refractivity contribution in [2.45, 2.75) is 65.3 Å². The van der Waals surface area contributed by atoms with Gasteiger partial charge in [0.25, 0.3) is 0 Å². The van der Waals surface area contributed by atoms with Crippen LogP contribution in [0.1, 0.15) is 34.6 Å². The first-order chi connectivity index (χ1) is 14.3. The van der Waals surface area contributed by atoms with Gasteiger partial charge in [0.15, 0.2) is 29.7 Å². The van der Waals surface area contributed by atoms with E-state index in [1.807, 2.05) is 0 Å². The van der Waals surface area contributed by atoms with Crippen molar-refractivity contribution in [2.75, 3.05) is 6.61 Å². The van der Waals surface area contributed by atoms with Crippen molar-refractivity contribution >= 4 is 47.1 Å². The fourth-order valence-corrected chi connectivity index (χ4v) is 2.95. The summed E-state index contributed by atoms with van der Waals surface area (Å²) in [7, 11) is 0. The van der Waals surface area contributed by atoms with Crippen LogP contribution in [0.3, 0.4) is 0 Å². The average molecular weight is 463 g/mol. The van der Waals surface area contributed by atoms with Gasteiger partial charge in [-0.05, 0) is 12.2 Å². The van der Waals surface area contributed by atoms with E-state index in [9.17, 15) is 24.0 Å². The Labute approximate surface area is 183 Å². The molecule has 0 aromatic rings. The molecule has 0 aliphatic carbocycles. The Balaban J connectivity index is 3.53. The van der Waals surface area contributed by atoms with Crippen molar-refractivity contribution in [2.24, 2.45) is 5.73 Å². The van der Waals surface area contributed by atoms with Crippen molar-refractivity contribution in [1.29, 1.82) is 0 Å². The zero-order valence-corrected chi connectivity index (χ0v) is 18.4. The Morgan fingerprint density at radius 3 is 1.77 bits per heavy atom. The van der Waals surface area contributed by atoms with Crippen LogP contribution in [-0.2, 0) is 47.7 Å². The largest absolute Gasteiger partial charge is 0.463 e. The lowest BCUT2D eigenvalue weighted by atomic mass is 9.97. The van der Waals surface area contributed by atoms with E-state index < -0.39 is 67.0 Å². The van der Waals surface area contributed by atoms with Gasteiger partial charge >= 0.3 is 23.9 Å². The third-order valence-corrected chi connectivity index (χ3v) is 3.88. The fourth-order valence-electron chi connectivity index (χ4n) is 2.85. The summed E-state index contributed by atoms with van der Waals surface area (Å²) in [4.78, 5) is 58.7. The number of carbonyl (C=O) groups excluding carboxylic acids is 5. The number of carbonyl (C=O) groups is 5. The van der Waals surface area contributed by atoms with Gasteiger partial charge in [-0.1, -0.05) is 0 Å². The number of nitrogens with zero attached hydrogens (tertiary/aromatic N) is 1. The topological polar surface area (TPSA) is 173 Å². The van der Waals surface area contributed by atoms with Crippen LogP contribution in [0.25, 0.3) is 0 Å². The molecule has 0 bridgehead atoms. The summed E-state index contributed by atoms with van der Waals surface area (Å²) in [5, 5.41) is 0.500. The normalized spacial score (nSPS) is 24.9. The number of nitrogens with one attached hydrogen (secondary N) is 1. The third-order valence-electron chi connectivity index (χ3n) is 3.79. The van der Waals surface area contributed by atoms with Gasteiger partial charge in [-0.3, -0.25) is 29.4 Å². The highest BCUT2D eigenvalue weighted by Gasteiger charge is 2.54.